The number of aryl methyl sites for hydroxylation is 1. The highest BCUT2D eigenvalue weighted by Gasteiger charge is 1.96. The van der Waals surface area contributed by atoms with Gasteiger partial charge in [-0.25, -0.2) is 0 Å². The number of nitrogens with zero attached hydrogens (tertiary/aromatic N) is 1. The Labute approximate surface area is 86.6 Å². The van der Waals surface area contributed by atoms with Crippen molar-refractivity contribution in [1.29, 1.82) is 0 Å². The summed E-state index contributed by atoms with van der Waals surface area (Å²) in [6, 6.07) is 4.67. The molecule has 14 heavy (non-hydrogen) atoms. The number of rotatable bonds is 5. The van der Waals surface area contributed by atoms with Crippen molar-refractivity contribution in [3.05, 3.63) is 30.1 Å². The molecule has 0 fully saturated rings. The zero-order valence-electron chi connectivity index (χ0n) is 9.33. The van der Waals surface area contributed by atoms with Gasteiger partial charge in [0.2, 0.25) is 0 Å². The highest BCUT2D eigenvalue weighted by atomic mass is 15.0. The second-order valence-electron chi connectivity index (χ2n) is 3.56. The SMILES string of the molecule is CCCn1cccc1/C=C/C(C)NC. The van der Waals surface area contributed by atoms with E-state index in [4.69, 9.17) is 0 Å². The van der Waals surface area contributed by atoms with Gasteiger partial charge >= 0.3 is 0 Å². The Hall–Kier alpha value is -1.02. The molecule has 0 amide bonds. The van der Waals surface area contributed by atoms with Crippen molar-refractivity contribution < 1.29 is 0 Å². The van der Waals surface area contributed by atoms with Crippen LogP contribution in [0, 0.1) is 0 Å². The van der Waals surface area contributed by atoms with Gasteiger partial charge in [-0.1, -0.05) is 13.0 Å². The molecule has 0 aliphatic rings. The summed E-state index contributed by atoms with van der Waals surface area (Å²) in [4.78, 5) is 0. The second-order valence-corrected chi connectivity index (χ2v) is 3.56. The largest absolute Gasteiger partial charge is 0.348 e. The fourth-order valence-corrected chi connectivity index (χ4v) is 1.36. The van der Waals surface area contributed by atoms with E-state index in [0.29, 0.717) is 6.04 Å². The molecule has 0 spiro atoms. The molecule has 0 aliphatic heterocycles. The average molecular weight is 192 g/mol. The van der Waals surface area contributed by atoms with E-state index in [1.807, 2.05) is 7.05 Å². The van der Waals surface area contributed by atoms with Crippen molar-refractivity contribution in [3.8, 4) is 0 Å². The van der Waals surface area contributed by atoms with Crippen molar-refractivity contribution in [3.63, 3.8) is 0 Å². The number of hydrogen-bond donors (Lipinski definition) is 1. The third-order valence-corrected chi connectivity index (χ3v) is 2.34. The van der Waals surface area contributed by atoms with Crippen molar-refractivity contribution >= 4 is 6.08 Å². The predicted octanol–water partition coefficient (Wildman–Crippen LogP) is 2.52. The van der Waals surface area contributed by atoms with Gasteiger partial charge in [0.25, 0.3) is 0 Å². The summed E-state index contributed by atoms with van der Waals surface area (Å²) in [7, 11) is 1.97. The standard InChI is InChI=1S/C12H20N2/c1-4-9-14-10-5-6-12(14)8-7-11(2)13-3/h5-8,10-11,13H,4,9H2,1-3H3/b8-7+. The molecule has 0 saturated heterocycles. The van der Waals surface area contributed by atoms with Crippen molar-refractivity contribution in [2.75, 3.05) is 7.05 Å². The van der Waals surface area contributed by atoms with E-state index in [1.165, 1.54) is 12.1 Å². The summed E-state index contributed by atoms with van der Waals surface area (Å²) in [5.41, 5.74) is 1.29. The minimum absolute atomic E-state index is 0.431. The maximum Gasteiger partial charge on any atom is 0.0403 e. The van der Waals surface area contributed by atoms with Crippen LogP contribution in [0.15, 0.2) is 24.4 Å². The van der Waals surface area contributed by atoms with Crippen LogP contribution in [0.4, 0.5) is 0 Å². The molecule has 1 rings (SSSR count). The second kappa shape index (κ2) is 5.66. The summed E-state index contributed by atoms with van der Waals surface area (Å²) >= 11 is 0. The fraction of sp³-hybridized carbons (Fsp3) is 0.500. The molecule has 1 unspecified atom stereocenters. The summed E-state index contributed by atoms with van der Waals surface area (Å²) in [5.74, 6) is 0. The third kappa shape index (κ3) is 3.04. The molecule has 0 aliphatic carbocycles. The highest BCUT2D eigenvalue weighted by Crippen LogP contribution is 2.06. The quantitative estimate of drug-likeness (QED) is 0.758. The minimum Gasteiger partial charge on any atom is -0.348 e. The van der Waals surface area contributed by atoms with E-state index >= 15 is 0 Å². The topological polar surface area (TPSA) is 17.0 Å². The smallest absolute Gasteiger partial charge is 0.0403 e. The van der Waals surface area contributed by atoms with Crippen LogP contribution in [0.1, 0.15) is 26.0 Å². The fourth-order valence-electron chi connectivity index (χ4n) is 1.36. The zero-order chi connectivity index (χ0) is 10.4. The lowest BCUT2D eigenvalue weighted by atomic mass is 10.2. The lowest BCUT2D eigenvalue weighted by molar-refractivity contribution is 0.677. The molecule has 2 heteroatoms. The molecule has 0 saturated carbocycles. The molecule has 78 valence electrons. The number of aromatic nitrogens is 1. The van der Waals surface area contributed by atoms with E-state index in [-0.39, 0.29) is 0 Å². The Bertz CT molecular complexity index is 286. The first-order chi connectivity index (χ1) is 6.77. The Morgan fingerprint density at radius 3 is 3.00 bits per heavy atom. The molecule has 2 nitrogen and oxygen atoms in total. The molecule has 0 aromatic carbocycles. The van der Waals surface area contributed by atoms with Crippen LogP contribution in [-0.4, -0.2) is 17.7 Å². The maximum absolute atomic E-state index is 3.18. The summed E-state index contributed by atoms with van der Waals surface area (Å²) in [6.45, 7) is 5.44. The molecular formula is C12H20N2. The molecule has 1 atom stereocenters. The molecule has 0 radical (unpaired) electrons. The van der Waals surface area contributed by atoms with Gasteiger partial charge < -0.3 is 9.88 Å². The highest BCUT2D eigenvalue weighted by molar-refractivity contribution is 5.46. The van der Waals surface area contributed by atoms with Crippen LogP contribution >= 0.6 is 0 Å². The van der Waals surface area contributed by atoms with Gasteiger partial charge in [0.1, 0.15) is 0 Å². The number of nitrogens with one attached hydrogen (secondary N) is 1. The van der Waals surface area contributed by atoms with Crippen molar-refractivity contribution in [1.82, 2.24) is 9.88 Å². The summed E-state index contributed by atoms with van der Waals surface area (Å²) < 4.78 is 2.28. The Morgan fingerprint density at radius 1 is 1.57 bits per heavy atom. The van der Waals surface area contributed by atoms with Crippen LogP contribution in [0.2, 0.25) is 0 Å². The first kappa shape index (κ1) is 11.1. The Kier molecular flexibility index (Phi) is 4.47. The first-order valence-corrected chi connectivity index (χ1v) is 5.28. The first-order valence-electron chi connectivity index (χ1n) is 5.28. The lowest BCUT2D eigenvalue weighted by Gasteiger charge is -2.05. The molecule has 1 N–H and O–H groups in total. The van der Waals surface area contributed by atoms with E-state index in [0.717, 1.165) is 6.54 Å². The zero-order valence-corrected chi connectivity index (χ0v) is 9.33. The van der Waals surface area contributed by atoms with E-state index in [2.05, 4.69) is 54.2 Å². The number of likely N-dealkylation sites (N-methyl/N-ethyl adjacent to an activating group) is 1. The van der Waals surface area contributed by atoms with Gasteiger partial charge in [0, 0.05) is 24.5 Å². The van der Waals surface area contributed by atoms with Crippen molar-refractivity contribution in [2.45, 2.75) is 32.9 Å². The summed E-state index contributed by atoms with van der Waals surface area (Å²) in [6.07, 6.45) is 7.67. The van der Waals surface area contributed by atoms with Gasteiger partial charge in [-0.2, -0.15) is 0 Å². The van der Waals surface area contributed by atoms with Crippen LogP contribution < -0.4 is 5.32 Å². The van der Waals surface area contributed by atoms with Crippen LogP contribution in [0.5, 0.6) is 0 Å². The van der Waals surface area contributed by atoms with E-state index < -0.39 is 0 Å². The maximum atomic E-state index is 3.18. The van der Waals surface area contributed by atoms with E-state index in [1.54, 1.807) is 0 Å². The van der Waals surface area contributed by atoms with Gasteiger partial charge in [-0.15, -0.1) is 0 Å². The van der Waals surface area contributed by atoms with Crippen LogP contribution in [0.3, 0.4) is 0 Å². The average Bonchev–Trinajstić information content (AvgIpc) is 2.62. The predicted molar refractivity (Wildman–Crippen MR) is 62.3 cm³/mol. The molecule has 1 heterocycles. The van der Waals surface area contributed by atoms with Crippen LogP contribution in [0.25, 0.3) is 6.08 Å². The van der Waals surface area contributed by atoms with Gasteiger partial charge in [-0.05, 0) is 38.6 Å². The van der Waals surface area contributed by atoms with Crippen molar-refractivity contribution in [2.24, 2.45) is 0 Å². The Balaban J connectivity index is 2.65. The van der Waals surface area contributed by atoms with E-state index in [9.17, 15) is 0 Å². The molecule has 0 bridgehead atoms. The molecular weight excluding hydrogens is 172 g/mol. The monoisotopic (exact) mass is 192 g/mol. The third-order valence-electron chi connectivity index (χ3n) is 2.34. The van der Waals surface area contributed by atoms with Gasteiger partial charge in [0.05, 0.1) is 0 Å². The number of hydrogen-bond acceptors (Lipinski definition) is 1. The normalized spacial score (nSPS) is 13.6. The Morgan fingerprint density at radius 2 is 2.36 bits per heavy atom. The van der Waals surface area contributed by atoms with Gasteiger partial charge in [0.15, 0.2) is 0 Å². The summed E-state index contributed by atoms with van der Waals surface area (Å²) in [5, 5.41) is 3.18. The van der Waals surface area contributed by atoms with Crippen LogP contribution in [-0.2, 0) is 6.54 Å². The lowest BCUT2D eigenvalue weighted by Crippen LogP contribution is -2.17. The molecule has 1 aromatic rings. The minimum atomic E-state index is 0.431. The van der Waals surface area contributed by atoms with Gasteiger partial charge in [-0.3, -0.25) is 0 Å². The molecule has 1 aromatic heterocycles.